The second-order valence-electron chi connectivity index (χ2n) is 3.09. The first-order valence-electron chi connectivity index (χ1n) is 4.99. The number of esters is 1. The van der Waals surface area contributed by atoms with Crippen LogP contribution in [0.2, 0.25) is 0 Å². The lowest BCUT2D eigenvalue weighted by atomic mass is 10.1. The van der Waals surface area contributed by atoms with Gasteiger partial charge >= 0.3 is 5.97 Å². The van der Waals surface area contributed by atoms with Crippen LogP contribution in [0.25, 0.3) is 0 Å². The van der Waals surface area contributed by atoms with Gasteiger partial charge in [0, 0.05) is 6.92 Å². The minimum Gasteiger partial charge on any atom is -0.449 e. The SMILES string of the molecule is C=CC#CC(CCCCC)OC(C)=O. The zero-order chi connectivity index (χ0) is 10.8. The average Bonchev–Trinajstić information content (AvgIpc) is 2.13. The molecule has 0 saturated heterocycles. The monoisotopic (exact) mass is 194 g/mol. The normalized spacial score (nSPS) is 11.0. The van der Waals surface area contributed by atoms with E-state index in [0.29, 0.717) is 0 Å². The van der Waals surface area contributed by atoms with E-state index in [-0.39, 0.29) is 12.1 Å². The molecular weight excluding hydrogens is 176 g/mol. The highest BCUT2D eigenvalue weighted by molar-refractivity contribution is 5.66. The van der Waals surface area contributed by atoms with E-state index in [1.807, 2.05) is 0 Å². The molecule has 1 unspecified atom stereocenters. The predicted octanol–water partition coefficient (Wildman–Crippen LogP) is 2.69. The van der Waals surface area contributed by atoms with Gasteiger partial charge in [-0.15, -0.1) is 0 Å². The van der Waals surface area contributed by atoms with Gasteiger partial charge in [-0.1, -0.05) is 38.2 Å². The predicted molar refractivity (Wildman–Crippen MR) is 57.7 cm³/mol. The molecule has 0 amide bonds. The van der Waals surface area contributed by atoms with Crippen molar-refractivity contribution in [2.75, 3.05) is 0 Å². The smallest absolute Gasteiger partial charge is 0.303 e. The lowest BCUT2D eigenvalue weighted by Gasteiger charge is -2.09. The Morgan fingerprint density at radius 2 is 2.29 bits per heavy atom. The molecule has 0 aromatic carbocycles. The van der Waals surface area contributed by atoms with E-state index >= 15 is 0 Å². The molecule has 0 aromatic rings. The number of unbranched alkanes of at least 4 members (excludes halogenated alkanes) is 2. The first-order valence-corrected chi connectivity index (χ1v) is 4.99. The maximum atomic E-state index is 10.7. The Hall–Kier alpha value is -1.23. The van der Waals surface area contributed by atoms with Gasteiger partial charge in [0.25, 0.3) is 0 Å². The number of hydrogen-bond donors (Lipinski definition) is 0. The van der Waals surface area contributed by atoms with Crippen LogP contribution >= 0.6 is 0 Å². The summed E-state index contributed by atoms with van der Waals surface area (Å²) in [5, 5.41) is 0. The molecule has 0 bridgehead atoms. The molecular formula is C12H18O2. The van der Waals surface area contributed by atoms with Gasteiger partial charge in [-0.2, -0.15) is 0 Å². The van der Waals surface area contributed by atoms with E-state index in [0.717, 1.165) is 25.7 Å². The minimum absolute atomic E-state index is 0.267. The van der Waals surface area contributed by atoms with Gasteiger partial charge in [0.05, 0.1) is 0 Å². The van der Waals surface area contributed by atoms with E-state index in [1.165, 1.54) is 13.0 Å². The summed E-state index contributed by atoms with van der Waals surface area (Å²) in [6.45, 7) is 7.03. The molecule has 0 rings (SSSR count). The van der Waals surface area contributed by atoms with Gasteiger partial charge in [0.1, 0.15) is 0 Å². The highest BCUT2D eigenvalue weighted by Gasteiger charge is 2.07. The summed E-state index contributed by atoms with van der Waals surface area (Å²) < 4.78 is 5.04. The number of hydrogen-bond acceptors (Lipinski definition) is 2. The number of carbonyl (C=O) groups excluding carboxylic acids is 1. The largest absolute Gasteiger partial charge is 0.449 e. The second-order valence-corrected chi connectivity index (χ2v) is 3.09. The van der Waals surface area contributed by atoms with Crippen LogP contribution in [-0.2, 0) is 9.53 Å². The van der Waals surface area contributed by atoms with E-state index < -0.39 is 0 Å². The Morgan fingerprint density at radius 3 is 2.79 bits per heavy atom. The molecule has 0 spiro atoms. The summed E-state index contributed by atoms with van der Waals surface area (Å²) in [5.74, 6) is 5.29. The van der Waals surface area contributed by atoms with Gasteiger partial charge in [0.15, 0.2) is 6.10 Å². The van der Waals surface area contributed by atoms with Crippen LogP contribution in [0.1, 0.15) is 39.5 Å². The molecule has 0 aliphatic rings. The first kappa shape index (κ1) is 12.8. The standard InChI is InChI=1S/C12H18O2/c1-4-6-8-10-12(9-7-5-2)14-11(3)13/h5,12H,2,4,6,8,10H2,1,3H3. The number of carbonyl (C=O) groups is 1. The Kier molecular flexibility index (Phi) is 7.64. The van der Waals surface area contributed by atoms with Crippen molar-refractivity contribution < 1.29 is 9.53 Å². The van der Waals surface area contributed by atoms with Crippen LogP contribution in [0.3, 0.4) is 0 Å². The number of rotatable bonds is 5. The minimum atomic E-state index is -0.273. The molecule has 0 heterocycles. The van der Waals surface area contributed by atoms with Crippen molar-refractivity contribution in [2.24, 2.45) is 0 Å². The Morgan fingerprint density at radius 1 is 1.57 bits per heavy atom. The van der Waals surface area contributed by atoms with Crippen LogP contribution in [-0.4, -0.2) is 12.1 Å². The van der Waals surface area contributed by atoms with Crippen LogP contribution in [0.15, 0.2) is 12.7 Å². The molecule has 1 atom stereocenters. The number of ether oxygens (including phenoxy) is 1. The van der Waals surface area contributed by atoms with Crippen molar-refractivity contribution >= 4 is 5.97 Å². The van der Waals surface area contributed by atoms with Crippen molar-refractivity contribution in [2.45, 2.75) is 45.6 Å². The van der Waals surface area contributed by atoms with E-state index in [2.05, 4.69) is 25.3 Å². The van der Waals surface area contributed by atoms with Crippen molar-refractivity contribution in [1.82, 2.24) is 0 Å². The Bertz CT molecular complexity index is 232. The summed E-state index contributed by atoms with van der Waals surface area (Å²) in [7, 11) is 0. The van der Waals surface area contributed by atoms with Crippen LogP contribution in [0.4, 0.5) is 0 Å². The third-order valence-electron chi connectivity index (χ3n) is 1.72. The van der Waals surface area contributed by atoms with Crippen molar-refractivity contribution in [1.29, 1.82) is 0 Å². The summed E-state index contributed by atoms with van der Waals surface area (Å²) in [5.41, 5.74) is 0. The summed E-state index contributed by atoms with van der Waals surface area (Å²) in [4.78, 5) is 10.7. The zero-order valence-corrected chi connectivity index (χ0v) is 9.01. The van der Waals surface area contributed by atoms with Crippen LogP contribution < -0.4 is 0 Å². The molecule has 0 aliphatic carbocycles. The van der Waals surface area contributed by atoms with Crippen molar-refractivity contribution in [3.05, 3.63) is 12.7 Å². The molecule has 0 fully saturated rings. The van der Waals surface area contributed by atoms with Crippen LogP contribution in [0.5, 0.6) is 0 Å². The third kappa shape index (κ3) is 7.42. The van der Waals surface area contributed by atoms with Gasteiger partial charge in [-0.05, 0) is 18.9 Å². The summed E-state index contributed by atoms with van der Waals surface area (Å²) >= 11 is 0. The fraction of sp³-hybridized carbons (Fsp3) is 0.583. The van der Waals surface area contributed by atoms with Crippen LogP contribution in [0, 0.1) is 11.8 Å². The third-order valence-corrected chi connectivity index (χ3v) is 1.72. The first-order chi connectivity index (χ1) is 6.70. The average molecular weight is 194 g/mol. The molecule has 0 N–H and O–H groups in total. The second kappa shape index (κ2) is 8.37. The maximum Gasteiger partial charge on any atom is 0.303 e. The van der Waals surface area contributed by atoms with Gasteiger partial charge < -0.3 is 4.74 Å². The lowest BCUT2D eigenvalue weighted by molar-refractivity contribution is -0.144. The zero-order valence-electron chi connectivity index (χ0n) is 9.01. The highest BCUT2D eigenvalue weighted by Crippen LogP contribution is 2.06. The van der Waals surface area contributed by atoms with Gasteiger partial charge in [0.2, 0.25) is 0 Å². The molecule has 78 valence electrons. The van der Waals surface area contributed by atoms with Crippen molar-refractivity contribution in [3.63, 3.8) is 0 Å². The maximum absolute atomic E-state index is 10.7. The Labute approximate surface area is 86.3 Å². The highest BCUT2D eigenvalue weighted by atomic mass is 16.5. The van der Waals surface area contributed by atoms with Gasteiger partial charge in [-0.3, -0.25) is 4.79 Å². The molecule has 2 heteroatoms. The molecule has 2 nitrogen and oxygen atoms in total. The summed E-state index contributed by atoms with van der Waals surface area (Å²) in [6.07, 6.45) is 5.40. The van der Waals surface area contributed by atoms with E-state index in [4.69, 9.17) is 4.74 Å². The number of allylic oxidation sites excluding steroid dienone is 1. The molecule has 0 aliphatic heterocycles. The molecule has 14 heavy (non-hydrogen) atoms. The molecule has 0 aromatic heterocycles. The molecule has 0 radical (unpaired) electrons. The van der Waals surface area contributed by atoms with Gasteiger partial charge in [-0.25, -0.2) is 0 Å². The van der Waals surface area contributed by atoms with Crippen molar-refractivity contribution in [3.8, 4) is 11.8 Å². The summed E-state index contributed by atoms with van der Waals surface area (Å²) in [6, 6.07) is 0. The van der Waals surface area contributed by atoms with E-state index in [1.54, 1.807) is 0 Å². The van der Waals surface area contributed by atoms with E-state index in [9.17, 15) is 4.79 Å². The topological polar surface area (TPSA) is 26.3 Å². The quantitative estimate of drug-likeness (QED) is 0.382. The fourth-order valence-electron chi connectivity index (χ4n) is 1.09. The molecule has 0 saturated carbocycles. The lowest BCUT2D eigenvalue weighted by Crippen LogP contribution is -2.14. The fourth-order valence-corrected chi connectivity index (χ4v) is 1.09. The Balaban J connectivity index is 3.96.